The summed E-state index contributed by atoms with van der Waals surface area (Å²) >= 11 is 0. The summed E-state index contributed by atoms with van der Waals surface area (Å²) in [5.74, 6) is 1.25. The summed E-state index contributed by atoms with van der Waals surface area (Å²) in [5, 5.41) is 11.8. The number of nitrogens with one attached hydrogen (secondary N) is 1. The first kappa shape index (κ1) is 25.9. The number of fused-ring (bicyclic) bond motifs is 1. The number of aliphatic hydroxyl groups is 1. The summed E-state index contributed by atoms with van der Waals surface area (Å²) in [4.78, 5) is 20.9. The van der Waals surface area contributed by atoms with Crippen molar-refractivity contribution >= 4 is 16.8 Å². The quantitative estimate of drug-likeness (QED) is 0.448. The first-order chi connectivity index (χ1) is 17.4. The largest absolute Gasteiger partial charge is 0.493 e. The fourth-order valence-corrected chi connectivity index (χ4v) is 5.42. The smallest absolute Gasteiger partial charge is 0.229 e. The van der Waals surface area contributed by atoms with E-state index < -0.39 is 12.0 Å². The molecule has 0 bridgehead atoms. The minimum absolute atomic E-state index is 0.0119. The Morgan fingerprint density at radius 2 is 1.83 bits per heavy atom. The van der Waals surface area contributed by atoms with E-state index in [1.807, 2.05) is 42.4 Å². The lowest BCUT2D eigenvalue weighted by atomic mass is 9.85. The molecule has 194 valence electrons. The number of carbonyl (C=O) groups excluding carboxylic acids is 1. The van der Waals surface area contributed by atoms with E-state index in [-0.39, 0.29) is 11.9 Å². The number of hydrogen-bond acceptors (Lipinski definition) is 6. The molecule has 2 heterocycles. The Labute approximate surface area is 212 Å². The molecule has 36 heavy (non-hydrogen) atoms. The second-order valence-electron chi connectivity index (χ2n) is 9.51. The maximum atomic E-state index is 13.5. The molecule has 1 amide bonds. The minimum atomic E-state index is -0.749. The molecule has 0 radical (unpaired) electrons. The van der Waals surface area contributed by atoms with Crippen LogP contribution >= 0.6 is 0 Å². The maximum absolute atomic E-state index is 13.5. The molecular weight excluding hydrogens is 458 g/mol. The van der Waals surface area contributed by atoms with Gasteiger partial charge in [0, 0.05) is 42.8 Å². The third kappa shape index (κ3) is 5.15. The van der Waals surface area contributed by atoms with E-state index in [9.17, 15) is 9.90 Å². The van der Waals surface area contributed by atoms with Crippen LogP contribution in [0.4, 0.5) is 0 Å². The summed E-state index contributed by atoms with van der Waals surface area (Å²) in [7, 11) is 6.77. The average molecular weight is 496 g/mol. The van der Waals surface area contributed by atoms with Gasteiger partial charge in [0.2, 0.25) is 11.7 Å². The second kappa shape index (κ2) is 11.2. The standard InChI is InChI=1S/C28H37N3O5/c1-18(32)26-23(30(2)17-19-14-24(34-3)27(36-5)25(15-19)35-4)11-13-31(28(26)33)12-10-20-16-29-22-9-7-6-8-21(20)22/h6-9,14-16,18,23,26,29,32H,10-13,17H2,1-5H3/t18?,23-,26?/m0/s1. The van der Waals surface area contributed by atoms with Gasteiger partial charge in [-0.3, -0.25) is 9.69 Å². The van der Waals surface area contributed by atoms with Crippen LogP contribution in [0, 0.1) is 5.92 Å². The highest BCUT2D eigenvalue weighted by Crippen LogP contribution is 2.39. The van der Waals surface area contributed by atoms with Crippen LogP contribution in [0.15, 0.2) is 42.6 Å². The molecule has 1 saturated heterocycles. The maximum Gasteiger partial charge on any atom is 0.229 e. The lowest BCUT2D eigenvalue weighted by Gasteiger charge is -2.43. The number of ether oxygens (including phenoxy) is 3. The molecule has 0 spiro atoms. The Balaban J connectivity index is 1.46. The fraction of sp³-hybridized carbons (Fsp3) is 0.464. The number of benzene rings is 2. The second-order valence-corrected chi connectivity index (χ2v) is 9.51. The highest BCUT2D eigenvalue weighted by Gasteiger charge is 2.41. The van der Waals surface area contributed by atoms with Gasteiger partial charge in [-0.1, -0.05) is 18.2 Å². The number of piperidine rings is 1. The molecule has 1 aromatic heterocycles. The van der Waals surface area contributed by atoms with Crippen LogP contribution in [0.3, 0.4) is 0 Å². The van der Waals surface area contributed by atoms with Gasteiger partial charge < -0.3 is 29.2 Å². The number of methoxy groups -OCH3 is 3. The van der Waals surface area contributed by atoms with Gasteiger partial charge in [0.1, 0.15) is 0 Å². The Kier molecular flexibility index (Phi) is 8.06. The molecule has 8 heteroatoms. The van der Waals surface area contributed by atoms with Gasteiger partial charge in [-0.2, -0.15) is 0 Å². The first-order valence-corrected chi connectivity index (χ1v) is 12.4. The zero-order valence-electron chi connectivity index (χ0n) is 21.8. The van der Waals surface area contributed by atoms with Crippen molar-refractivity contribution in [2.24, 2.45) is 5.92 Å². The Morgan fingerprint density at radius 1 is 1.14 bits per heavy atom. The SMILES string of the molecule is COc1cc(CN(C)[C@H]2CCN(CCc3c[nH]c4ccccc34)C(=O)C2C(C)O)cc(OC)c1OC. The number of hydrogen-bond donors (Lipinski definition) is 2. The molecule has 4 rings (SSSR count). The van der Waals surface area contributed by atoms with Crippen molar-refractivity contribution in [1.82, 2.24) is 14.8 Å². The number of carbonyl (C=O) groups is 1. The molecule has 3 aromatic rings. The van der Waals surface area contributed by atoms with Gasteiger partial charge in [-0.05, 0) is 56.1 Å². The van der Waals surface area contributed by atoms with Gasteiger partial charge in [0.05, 0.1) is 33.4 Å². The molecule has 3 atom stereocenters. The van der Waals surface area contributed by atoms with E-state index in [1.165, 1.54) is 10.9 Å². The van der Waals surface area contributed by atoms with Crippen molar-refractivity contribution in [3.63, 3.8) is 0 Å². The van der Waals surface area contributed by atoms with Crippen molar-refractivity contribution in [2.45, 2.75) is 38.5 Å². The molecule has 1 fully saturated rings. The highest BCUT2D eigenvalue weighted by atomic mass is 16.5. The van der Waals surface area contributed by atoms with E-state index in [0.717, 1.165) is 23.9 Å². The molecule has 8 nitrogen and oxygen atoms in total. The van der Waals surface area contributed by atoms with Gasteiger partial charge in [0.25, 0.3) is 0 Å². The number of aliphatic hydroxyl groups excluding tert-OH is 1. The number of para-hydroxylation sites is 1. The van der Waals surface area contributed by atoms with Crippen LogP contribution in [-0.4, -0.2) is 79.4 Å². The van der Waals surface area contributed by atoms with E-state index in [0.29, 0.717) is 36.9 Å². The number of rotatable bonds is 10. The number of aromatic amines is 1. The van der Waals surface area contributed by atoms with Gasteiger partial charge in [-0.25, -0.2) is 0 Å². The van der Waals surface area contributed by atoms with Crippen LogP contribution in [0.1, 0.15) is 24.5 Å². The van der Waals surface area contributed by atoms with Gasteiger partial charge in [0.15, 0.2) is 11.5 Å². The van der Waals surface area contributed by atoms with Crippen molar-refractivity contribution in [3.05, 3.63) is 53.7 Å². The monoisotopic (exact) mass is 495 g/mol. The zero-order valence-corrected chi connectivity index (χ0v) is 21.8. The summed E-state index contributed by atoms with van der Waals surface area (Å²) in [6, 6.07) is 12.0. The Bertz CT molecular complexity index is 1170. The lowest BCUT2D eigenvalue weighted by Crippen LogP contribution is -2.56. The van der Waals surface area contributed by atoms with E-state index in [4.69, 9.17) is 14.2 Å². The molecule has 0 aliphatic carbocycles. The minimum Gasteiger partial charge on any atom is -0.493 e. The summed E-state index contributed by atoms with van der Waals surface area (Å²) in [6.45, 7) is 3.58. The van der Waals surface area contributed by atoms with Crippen molar-refractivity contribution in [2.75, 3.05) is 41.5 Å². The summed E-state index contributed by atoms with van der Waals surface area (Å²) < 4.78 is 16.4. The van der Waals surface area contributed by atoms with Crippen LogP contribution in [0.25, 0.3) is 10.9 Å². The van der Waals surface area contributed by atoms with E-state index >= 15 is 0 Å². The Morgan fingerprint density at radius 3 is 2.47 bits per heavy atom. The summed E-state index contributed by atoms with van der Waals surface area (Å²) in [6.07, 6.45) is 2.84. The number of nitrogens with zero attached hydrogens (tertiary/aromatic N) is 2. The molecule has 2 N–H and O–H groups in total. The molecule has 2 aromatic carbocycles. The van der Waals surface area contributed by atoms with Crippen molar-refractivity contribution in [1.29, 1.82) is 0 Å². The number of aromatic nitrogens is 1. The number of H-pyrrole nitrogens is 1. The van der Waals surface area contributed by atoms with Gasteiger partial charge in [-0.15, -0.1) is 0 Å². The fourth-order valence-electron chi connectivity index (χ4n) is 5.42. The predicted molar refractivity (Wildman–Crippen MR) is 140 cm³/mol. The van der Waals surface area contributed by atoms with Crippen LogP contribution < -0.4 is 14.2 Å². The zero-order chi connectivity index (χ0) is 25.8. The van der Waals surface area contributed by atoms with Crippen molar-refractivity contribution < 1.29 is 24.1 Å². The predicted octanol–water partition coefficient (Wildman–Crippen LogP) is 3.47. The van der Waals surface area contributed by atoms with Crippen LogP contribution in [-0.2, 0) is 17.8 Å². The number of likely N-dealkylation sites (tertiary alicyclic amines) is 1. The molecular formula is C28H37N3O5. The van der Waals surface area contributed by atoms with Crippen LogP contribution in [0.2, 0.25) is 0 Å². The highest BCUT2D eigenvalue weighted by molar-refractivity contribution is 5.83. The lowest BCUT2D eigenvalue weighted by molar-refractivity contribution is -0.147. The first-order valence-electron chi connectivity index (χ1n) is 12.4. The van der Waals surface area contributed by atoms with E-state index in [1.54, 1.807) is 28.3 Å². The molecule has 1 aliphatic rings. The molecule has 1 aliphatic heterocycles. The molecule has 0 saturated carbocycles. The topological polar surface area (TPSA) is 87.3 Å². The number of amides is 1. The normalized spacial score (nSPS) is 19.1. The average Bonchev–Trinajstić information content (AvgIpc) is 3.29. The third-order valence-corrected chi connectivity index (χ3v) is 7.27. The third-order valence-electron chi connectivity index (χ3n) is 7.27. The van der Waals surface area contributed by atoms with E-state index in [2.05, 4.69) is 22.0 Å². The summed E-state index contributed by atoms with van der Waals surface area (Å²) in [5.41, 5.74) is 3.28. The Hall–Kier alpha value is -3.23. The van der Waals surface area contributed by atoms with Crippen molar-refractivity contribution in [3.8, 4) is 17.2 Å². The molecule has 2 unspecified atom stereocenters. The van der Waals surface area contributed by atoms with Crippen LogP contribution in [0.5, 0.6) is 17.2 Å². The van der Waals surface area contributed by atoms with Gasteiger partial charge >= 0.3 is 0 Å².